The van der Waals surface area contributed by atoms with Gasteiger partial charge in [0.1, 0.15) is 23.4 Å². The summed E-state index contributed by atoms with van der Waals surface area (Å²) < 4.78 is 37.1. The molecule has 0 saturated carbocycles. The van der Waals surface area contributed by atoms with E-state index in [1.807, 2.05) is 25.9 Å². The summed E-state index contributed by atoms with van der Waals surface area (Å²) in [5.74, 6) is -4.90. The van der Waals surface area contributed by atoms with Crippen LogP contribution in [-0.2, 0) is 33.2 Å². The zero-order valence-corrected chi connectivity index (χ0v) is 33.4. The van der Waals surface area contributed by atoms with Crippen LogP contribution < -0.4 is 0 Å². The number of aliphatic hydroxyl groups excluding tert-OH is 3. The lowest BCUT2D eigenvalue weighted by Crippen LogP contribution is -2.61. The average Bonchev–Trinajstić information content (AvgIpc) is 3.07. The van der Waals surface area contributed by atoms with E-state index in [1.165, 1.54) is 14.0 Å². The highest BCUT2D eigenvalue weighted by Crippen LogP contribution is 2.41. The topological polar surface area (TPSA) is 209 Å². The molecule has 3 aliphatic heterocycles. The van der Waals surface area contributed by atoms with Crippen molar-refractivity contribution in [2.75, 3.05) is 27.8 Å². The first-order chi connectivity index (χ1) is 24.0. The number of oxime groups is 1. The van der Waals surface area contributed by atoms with Crippen molar-refractivity contribution in [2.24, 2.45) is 34.7 Å². The zero-order valence-electron chi connectivity index (χ0n) is 33.4. The van der Waals surface area contributed by atoms with Crippen molar-refractivity contribution < 1.29 is 64.0 Å². The fourth-order valence-corrected chi connectivity index (χ4v) is 8.53. The van der Waals surface area contributed by atoms with Crippen LogP contribution in [0.1, 0.15) is 88.5 Å². The van der Waals surface area contributed by atoms with Gasteiger partial charge in [-0.1, -0.05) is 39.8 Å². The summed E-state index contributed by atoms with van der Waals surface area (Å²) in [6, 6.07) is -0.324. The lowest BCUT2D eigenvalue weighted by molar-refractivity contribution is -0.319. The Balaban J connectivity index is 2.20. The number of carbonyl (C=O) groups excluding carboxylic acids is 1. The largest absolute Gasteiger partial charge is 0.459 e. The number of esters is 1. The van der Waals surface area contributed by atoms with Crippen LogP contribution in [0.3, 0.4) is 0 Å². The van der Waals surface area contributed by atoms with E-state index >= 15 is 0 Å². The minimum atomic E-state index is -1.97. The van der Waals surface area contributed by atoms with Crippen molar-refractivity contribution in [3.63, 3.8) is 0 Å². The summed E-state index contributed by atoms with van der Waals surface area (Å²) in [4.78, 5) is 16.0. The lowest BCUT2D eigenvalue weighted by Gasteiger charge is -2.49. The molecule has 3 heterocycles. The minimum absolute atomic E-state index is 0.0131. The Morgan fingerprint density at radius 2 is 1.54 bits per heavy atom. The molecule has 304 valence electrons. The van der Waals surface area contributed by atoms with Crippen molar-refractivity contribution in [1.29, 1.82) is 0 Å². The van der Waals surface area contributed by atoms with E-state index < -0.39 is 102 Å². The molecule has 0 aromatic heterocycles. The molecule has 3 rings (SSSR count). The van der Waals surface area contributed by atoms with Crippen LogP contribution in [0.4, 0.5) is 0 Å². The number of methoxy groups -OCH3 is 1. The molecule has 0 aromatic carbocycles. The number of likely N-dealkylation sites (N-methyl/N-ethyl adjacent to an activating group) is 1. The van der Waals surface area contributed by atoms with E-state index in [0.29, 0.717) is 6.42 Å². The highest BCUT2D eigenvalue weighted by Gasteiger charge is 2.53. The van der Waals surface area contributed by atoms with Gasteiger partial charge in [-0.3, -0.25) is 4.79 Å². The molecular formula is C37H68N2O13. The van der Waals surface area contributed by atoms with Gasteiger partial charge in [-0.25, -0.2) is 0 Å². The molecule has 9 unspecified atom stereocenters. The fourth-order valence-electron chi connectivity index (χ4n) is 8.53. The van der Waals surface area contributed by atoms with Crippen LogP contribution >= 0.6 is 0 Å². The molecule has 0 aliphatic carbocycles. The normalized spacial score (nSPS) is 49.8. The molecule has 3 fully saturated rings. The van der Waals surface area contributed by atoms with Gasteiger partial charge in [-0.05, 0) is 68.0 Å². The molecule has 3 saturated heterocycles. The number of hydrogen-bond acceptors (Lipinski definition) is 15. The second kappa shape index (κ2) is 17.5. The Hall–Kier alpha value is -1.50. The van der Waals surface area contributed by atoms with E-state index in [9.17, 15) is 35.5 Å². The average molecular weight is 749 g/mol. The molecule has 0 amide bonds. The first-order valence-corrected chi connectivity index (χ1v) is 18.7. The van der Waals surface area contributed by atoms with Gasteiger partial charge < -0.3 is 64.1 Å². The monoisotopic (exact) mass is 748 g/mol. The summed E-state index contributed by atoms with van der Waals surface area (Å²) in [5.41, 5.74) is -4.65. The minimum Gasteiger partial charge on any atom is -0.459 e. The maximum atomic E-state index is 14.1. The number of hydrogen-bond donors (Lipinski definition) is 6. The Morgan fingerprint density at radius 1 is 0.923 bits per heavy atom. The fraction of sp³-hybridized carbons (Fsp3) is 0.946. The number of rotatable bonds is 7. The van der Waals surface area contributed by atoms with Crippen molar-refractivity contribution in [1.82, 2.24) is 4.90 Å². The van der Waals surface area contributed by atoms with Crippen molar-refractivity contribution in [2.45, 2.75) is 167 Å². The van der Waals surface area contributed by atoms with Gasteiger partial charge in [0.25, 0.3) is 0 Å². The van der Waals surface area contributed by atoms with Gasteiger partial charge in [-0.15, -0.1) is 0 Å². The summed E-state index contributed by atoms with van der Waals surface area (Å²) in [6.07, 6.45) is -9.02. The van der Waals surface area contributed by atoms with Crippen molar-refractivity contribution in [3.8, 4) is 0 Å². The van der Waals surface area contributed by atoms with E-state index in [0.717, 1.165) is 0 Å². The van der Waals surface area contributed by atoms with Crippen molar-refractivity contribution in [3.05, 3.63) is 0 Å². The van der Waals surface area contributed by atoms with Gasteiger partial charge in [0.05, 0.1) is 54.4 Å². The summed E-state index contributed by atoms with van der Waals surface area (Å²) in [7, 11) is 5.18. The number of carbonyl (C=O) groups is 1. The Kier molecular flexibility index (Phi) is 15.1. The first kappa shape index (κ1) is 44.9. The molecule has 52 heavy (non-hydrogen) atoms. The van der Waals surface area contributed by atoms with E-state index in [2.05, 4.69) is 5.16 Å². The maximum absolute atomic E-state index is 14.1. The molecular weight excluding hydrogens is 680 g/mol. The van der Waals surface area contributed by atoms with Crippen LogP contribution in [0.2, 0.25) is 0 Å². The quantitative estimate of drug-likeness (QED) is 0.125. The van der Waals surface area contributed by atoms with Gasteiger partial charge in [0.15, 0.2) is 12.6 Å². The van der Waals surface area contributed by atoms with Crippen LogP contribution in [0.25, 0.3) is 0 Å². The second-order valence-electron chi connectivity index (χ2n) is 16.7. The molecule has 0 radical (unpaired) electrons. The molecule has 6 N–H and O–H groups in total. The van der Waals surface area contributed by atoms with E-state index in [-0.39, 0.29) is 37.3 Å². The van der Waals surface area contributed by atoms with E-state index in [4.69, 9.17) is 28.4 Å². The SMILES string of the molecule is CCC1OC(=O)[C@H](C)C(OC2OC[C@@](C)(OC)[C@@H](O)[C@@H]2C)C(C)C(OC2O[C@H](C)C[C@H](N(C)C)[C@H]2O)[C@](C)(O)C[C@H](C)C(=NO)C(C)C(O)C1(C)O. The molecule has 0 spiro atoms. The zero-order chi connectivity index (χ0) is 39.7. The predicted molar refractivity (Wildman–Crippen MR) is 190 cm³/mol. The summed E-state index contributed by atoms with van der Waals surface area (Å²) in [5, 5.41) is 72.1. The first-order valence-electron chi connectivity index (χ1n) is 18.7. The van der Waals surface area contributed by atoms with Crippen LogP contribution in [0.15, 0.2) is 5.16 Å². The lowest BCUT2D eigenvalue weighted by atomic mass is 9.73. The van der Waals surface area contributed by atoms with Gasteiger partial charge in [0, 0.05) is 36.8 Å². The standard InChI is InChI=1S/C37H68N2O13/c1-14-25-37(10,45)30(42)20(4)26(38-46)18(2)16-35(8,44)31(52-34-27(40)24(39(11)12)15-19(3)49-34)21(5)28(22(6)32(43)50-25)51-33-23(7)29(41)36(9,47-13)17-48-33/h18-25,27-31,33-34,40-42,44-46H,14-17H2,1-13H3/t18-,19+,20?,21?,22+,23-,24-,25?,27+,28?,29-,30?,31?,33?,34?,35+,36+,37?/m0/s1. The third-order valence-electron chi connectivity index (χ3n) is 12.0. The van der Waals surface area contributed by atoms with Gasteiger partial charge in [-0.2, -0.15) is 0 Å². The molecule has 15 heteroatoms. The second-order valence-corrected chi connectivity index (χ2v) is 16.7. The Labute approximate surface area is 309 Å². The number of nitrogens with zero attached hydrogens (tertiary/aromatic N) is 2. The Bertz CT molecular complexity index is 1200. The molecule has 0 bridgehead atoms. The predicted octanol–water partition coefficient (Wildman–Crippen LogP) is 1.90. The third-order valence-corrected chi connectivity index (χ3v) is 12.0. The summed E-state index contributed by atoms with van der Waals surface area (Å²) in [6.45, 7) is 16.6. The van der Waals surface area contributed by atoms with Crippen molar-refractivity contribution >= 4 is 11.7 Å². The van der Waals surface area contributed by atoms with E-state index in [1.54, 1.807) is 55.4 Å². The van der Waals surface area contributed by atoms with Crippen LogP contribution in [-0.4, -0.2) is 153 Å². The number of ether oxygens (including phenoxy) is 6. The smallest absolute Gasteiger partial charge is 0.311 e. The van der Waals surface area contributed by atoms with Gasteiger partial charge in [0.2, 0.25) is 0 Å². The van der Waals surface area contributed by atoms with Gasteiger partial charge >= 0.3 is 5.97 Å². The third kappa shape index (κ3) is 9.30. The molecule has 18 atom stereocenters. The number of aliphatic hydroxyl groups is 5. The van der Waals surface area contributed by atoms with Crippen LogP contribution in [0, 0.1) is 29.6 Å². The molecule has 0 aromatic rings. The van der Waals surface area contributed by atoms with Crippen LogP contribution in [0.5, 0.6) is 0 Å². The Morgan fingerprint density at radius 3 is 2.08 bits per heavy atom. The number of cyclic esters (lactones) is 1. The molecule has 15 nitrogen and oxygen atoms in total. The maximum Gasteiger partial charge on any atom is 0.311 e. The summed E-state index contributed by atoms with van der Waals surface area (Å²) >= 11 is 0. The molecule has 3 aliphatic rings. The highest BCUT2D eigenvalue weighted by atomic mass is 16.7. The highest BCUT2D eigenvalue weighted by molar-refractivity contribution is 5.88.